The lowest BCUT2D eigenvalue weighted by Crippen LogP contribution is -2.27. The number of amides is 1. The second-order valence-electron chi connectivity index (χ2n) is 4.00. The summed E-state index contributed by atoms with van der Waals surface area (Å²) >= 11 is 0. The first-order valence-corrected chi connectivity index (χ1v) is 5.46. The molecule has 0 saturated carbocycles. The van der Waals surface area contributed by atoms with E-state index in [0.717, 1.165) is 5.56 Å². The molecular formula is C12H14N4O2. The van der Waals surface area contributed by atoms with E-state index in [-0.39, 0.29) is 23.3 Å². The zero-order valence-electron chi connectivity index (χ0n) is 9.84. The van der Waals surface area contributed by atoms with Crippen molar-refractivity contribution in [2.45, 2.75) is 13.0 Å². The number of carbonyl (C=O) groups is 1. The van der Waals surface area contributed by atoms with Crippen molar-refractivity contribution in [3.8, 4) is 5.75 Å². The average Bonchev–Trinajstić information content (AvgIpc) is 2.85. The van der Waals surface area contributed by atoms with Gasteiger partial charge in [0.2, 0.25) is 0 Å². The first-order valence-electron chi connectivity index (χ1n) is 5.46. The van der Waals surface area contributed by atoms with Crippen LogP contribution in [0.15, 0.2) is 30.6 Å². The van der Waals surface area contributed by atoms with E-state index in [1.807, 2.05) is 6.92 Å². The highest BCUT2D eigenvalue weighted by molar-refractivity contribution is 5.99. The Bertz CT molecular complexity index is 551. The van der Waals surface area contributed by atoms with E-state index in [9.17, 15) is 9.90 Å². The predicted molar refractivity (Wildman–Crippen MR) is 67.0 cm³/mol. The van der Waals surface area contributed by atoms with E-state index in [4.69, 9.17) is 5.73 Å². The van der Waals surface area contributed by atoms with Crippen molar-refractivity contribution >= 4 is 11.6 Å². The molecule has 18 heavy (non-hydrogen) atoms. The van der Waals surface area contributed by atoms with Crippen LogP contribution in [-0.4, -0.2) is 21.2 Å². The van der Waals surface area contributed by atoms with Crippen LogP contribution in [0.4, 0.5) is 5.69 Å². The number of rotatable bonds is 3. The van der Waals surface area contributed by atoms with Gasteiger partial charge in [0.1, 0.15) is 5.75 Å². The summed E-state index contributed by atoms with van der Waals surface area (Å²) in [5.41, 5.74) is 7.14. The Kier molecular flexibility index (Phi) is 3.18. The molecule has 6 heteroatoms. The maximum absolute atomic E-state index is 12.0. The summed E-state index contributed by atoms with van der Waals surface area (Å²) in [5, 5.41) is 18.6. The average molecular weight is 246 g/mol. The zero-order valence-corrected chi connectivity index (χ0v) is 9.84. The number of benzene rings is 1. The molecule has 0 bridgehead atoms. The molecule has 6 nitrogen and oxygen atoms in total. The molecular weight excluding hydrogens is 232 g/mol. The Morgan fingerprint density at radius 1 is 1.56 bits per heavy atom. The first-order chi connectivity index (χ1) is 8.58. The molecule has 1 heterocycles. The number of aromatic hydroxyl groups is 1. The Labute approximate surface area is 104 Å². The molecule has 0 aliphatic heterocycles. The van der Waals surface area contributed by atoms with Gasteiger partial charge in [0.15, 0.2) is 0 Å². The number of nitrogen functional groups attached to an aromatic ring is 1. The monoisotopic (exact) mass is 246 g/mol. The normalized spacial score (nSPS) is 12.1. The molecule has 1 atom stereocenters. The molecule has 0 fully saturated rings. The predicted octanol–water partition coefficient (Wildman–Crippen LogP) is 1.19. The summed E-state index contributed by atoms with van der Waals surface area (Å²) in [5.74, 6) is -0.331. The number of aromatic amines is 1. The standard InChI is InChI=1S/C12H14N4O2/c1-7(8-5-14-15-6-8)16-12(18)10-4-9(17)2-3-11(10)13/h2-7,17H,13H2,1H3,(H,14,15)(H,16,18). The van der Waals surface area contributed by atoms with Crippen LogP contribution in [0.5, 0.6) is 5.75 Å². The fourth-order valence-corrected chi connectivity index (χ4v) is 1.60. The van der Waals surface area contributed by atoms with Crippen molar-refractivity contribution in [2.75, 3.05) is 5.73 Å². The number of aromatic nitrogens is 2. The topological polar surface area (TPSA) is 104 Å². The second kappa shape index (κ2) is 4.79. The lowest BCUT2D eigenvalue weighted by molar-refractivity contribution is 0.0940. The summed E-state index contributed by atoms with van der Waals surface area (Å²) in [6, 6.07) is 4.07. The van der Waals surface area contributed by atoms with Crippen molar-refractivity contribution in [1.82, 2.24) is 15.5 Å². The van der Waals surface area contributed by atoms with Crippen LogP contribution in [0, 0.1) is 0 Å². The molecule has 1 aromatic carbocycles. The van der Waals surface area contributed by atoms with Crippen LogP contribution in [0.1, 0.15) is 28.9 Å². The molecule has 1 aromatic heterocycles. The Hall–Kier alpha value is -2.50. The molecule has 0 radical (unpaired) electrons. The number of anilines is 1. The van der Waals surface area contributed by atoms with E-state index in [2.05, 4.69) is 15.5 Å². The quantitative estimate of drug-likeness (QED) is 0.482. The lowest BCUT2D eigenvalue weighted by Gasteiger charge is -2.13. The van der Waals surface area contributed by atoms with Crippen LogP contribution in [0.25, 0.3) is 0 Å². The number of nitrogens with zero attached hydrogens (tertiary/aromatic N) is 1. The maximum atomic E-state index is 12.0. The van der Waals surface area contributed by atoms with Gasteiger partial charge < -0.3 is 16.2 Å². The van der Waals surface area contributed by atoms with Crippen molar-refractivity contribution in [1.29, 1.82) is 0 Å². The van der Waals surface area contributed by atoms with E-state index < -0.39 is 0 Å². The molecule has 0 aliphatic rings. The van der Waals surface area contributed by atoms with Crippen molar-refractivity contribution in [3.05, 3.63) is 41.7 Å². The SMILES string of the molecule is CC(NC(=O)c1cc(O)ccc1N)c1cn[nH]c1. The fraction of sp³-hybridized carbons (Fsp3) is 0.167. The number of carbonyl (C=O) groups excluding carboxylic acids is 1. The fourth-order valence-electron chi connectivity index (χ4n) is 1.60. The minimum atomic E-state index is -0.336. The maximum Gasteiger partial charge on any atom is 0.253 e. The number of phenols is 1. The van der Waals surface area contributed by atoms with Gasteiger partial charge in [-0.3, -0.25) is 9.89 Å². The summed E-state index contributed by atoms with van der Waals surface area (Å²) in [4.78, 5) is 12.0. The number of hydrogen-bond donors (Lipinski definition) is 4. The van der Waals surface area contributed by atoms with Gasteiger partial charge in [0.25, 0.3) is 5.91 Å². The molecule has 0 spiro atoms. The lowest BCUT2D eigenvalue weighted by atomic mass is 10.1. The summed E-state index contributed by atoms with van der Waals surface area (Å²) in [7, 11) is 0. The third-order valence-electron chi connectivity index (χ3n) is 2.65. The third-order valence-corrected chi connectivity index (χ3v) is 2.65. The van der Waals surface area contributed by atoms with Gasteiger partial charge in [-0.15, -0.1) is 0 Å². The Balaban J connectivity index is 2.15. The number of nitrogens with one attached hydrogen (secondary N) is 2. The molecule has 2 aromatic rings. The minimum absolute atomic E-state index is 0.00492. The summed E-state index contributed by atoms with van der Waals surface area (Å²) in [6.45, 7) is 1.84. The molecule has 1 amide bonds. The minimum Gasteiger partial charge on any atom is -0.508 e. The molecule has 2 rings (SSSR count). The van der Waals surface area contributed by atoms with E-state index >= 15 is 0 Å². The van der Waals surface area contributed by atoms with Gasteiger partial charge in [-0.2, -0.15) is 5.10 Å². The van der Waals surface area contributed by atoms with Gasteiger partial charge in [-0.05, 0) is 25.1 Å². The van der Waals surface area contributed by atoms with Crippen LogP contribution in [0.2, 0.25) is 0 Å². The Morgan fingerprint density at radius 3 is 3.00 bits per heavy atom. The van der Waals surface area contributed by atoms with Crippen molar-refractivity contribution < 1.29 is 9.90 Å². The van der Waals surface area contributed by atoms with Gasteiger partial charge in [-0.1, -0.05) is 0 Å². The van der Waals surface area contributed by atoms with Crippen LogP contribution < -0.4 is 11.1 Å². The zero-order chi connectivity index (χ0) is 13.1. The van der Waals surface area contributed by atoms with Crippen LogP contribution in [-0.2, 0) is 0 Å². The summed E-state index contributed by atoms with van der Waals surface area (Å²) < 4.78 is 0. The van der Waals surface area contributed by atoms with Gasteiger partial charge in [0, 0.05) is 17.4 Å². The number of nitrogens with two attached hydrogens (primary N) is 1. The van der Waals surface area contributed by atoms with E-state index in [1.54, 1.807) is 12.4 Å². The highest BCUT2D eigenvalue weighted by Crippen LogP contribution is 2.19. The Morgan fingerprint density at radius 2 is 2.33 bits per heavy atom. The smallest absolute Gasteiger partial charge is 0.253 e. The van der Waals surface area contributed by atoms with Crippen LogP contribution >= 0.6 is 0 Å². The molecule has 94 valence electrons. The number of phenolic OH excluding ortho intramolecular Hbond substituents is 1. The largest absolute Gasteiger partial charge is 0.508 e. The van der Waals surface area contributed by atoms with Crippen LogP contribution in [0.3, 0.4) is 0 Å². The number of hydrogen-bond acceptors (Lipinski definition) is 4. The van der Waals surface area contributed by atoms with Crippen molar-refractivity contribution in [3.63, 3.8) is 0 Å². The highest BCUT2D eigenvalue weighted by atomic mass is 16.3. The van der Waals surface area contributed by atoms with E-state index in [0.29, 0.717) is 5.69 Å². The third kappa shape index (κ3) is 2.42. The molecule has 5 N–H and O–H groups in total. The van der Waals surface area contributed by atoms with Gasteiger partial charge >= 0.3 is 0 Å². The van der Waals surface area contributed by atoms with Crippen molar-refractivity contribution in [2.24, 2.45) is 0 Å². The van der Waals surface area contributed by atoms with Gasteiger partial charge in [0.05, 0.1) is 17.8 Å². The highest BCUT2D eigenvalue weighted by Gasteiger charge is 2.14. The molecule has 0 saturated heterocycles. The van der Waals surface area contributed by atoms with E-state index in [1.165, 1.54) is 18.2 Å². The first kappa shape index (κ1) is 12.0. The second-order valence-corrected chi connectivity index (χ2v) is 4.00. The number of H-pyrrole nitrogens is 1. The molecule has 1 unspecified atom stereocenters. The molecule has 0 aliphatic carbocycles. The van der Waals surface area contributed by atoms with Gasteiger partial charge in [-0.25, -0.2) is 0 Å². The summed E-state index contributed by atoms with van der Waals surface area (Å²) in [6.07, 6.45) is 3.34.